The van der Waals surface area contributed by atoms with Gasteiger partial charge in [0.2, 0.25) is 0 Å². The first-order valence-electron chi connectivity index (χ1n) is 5.69. The quantitative estimate of drug-likeness (QED) is 0.801. The molecule has 1 N–H and O–H groups in total. The molecule has 1 heterocycles. The lowest BCUT2D eigenvalue weighted by molar-refractivity contribution is 0.0922. The Morgan fingerprint density at radius 1 is 1.50 bits per heavy atom. The van der Waals surface area contributed by atoms with E-state index in [2.05, 4.69) is 30.7 Å². The minimum atomic E-state index is 0.00816. The number of nitrogens with one attached hydrogen (secondary N) is 1. The van der Waals surface area contributed by atoms with Gasteiger partial charge in [-0.05, 0) is 24.8 Å². The summed E-state index contributed by atoms with van der Waals surface area (Å²) in [5.74, 6) is 1.44. The van der Waals surface area contributed by atoms with Gasteiger partial charge in [0.05, 0.1) is 0 Å². The minimum absolute atomic E-state index is 0.00816. The number of methoxy groups -OCH3 is 1. The smallest absolute Gasteiger partial charge is 0.137 e. The van der Waals surface area contributed by atoms with Crippen molar-refractivity contribution in [3.05, 3.63) is 22.2 Å². The van der Waals surface area contributed by atoms with Gasteiger partial charge >= 0.3 is 0 Å². The average Bonchev–Trinajstić information content (AvgIpc) is 2.17. The third-order valence-electron chi connectivity index (χ3n) is 2.41. The summed E-state index contributed by atoms with van der Waals surface area (Å²) in [7, 11) is 1.70. The van der Waals surface area contributed by atoms with Crippen molar-refractivity contribution in [1.29, 1.82) is 0 Å². The molecule has 0 amide bonds. The van der Waals surface area contributed by atoms with E-state index in [1.807, 2.05) is 6.07 Å². The summed E-state index contributed by atoms with van der Waals surface area (Å²) in [6.07, 6.45) is 1.88. The van der Waals surface area contributed by atoms with E-state index < -0.39 is 0 Å². The lowest BCUT2D eigenvalue weighted by atomic mass is 10.1. The van der Waals surface area contributed by atoms with E-state index in [4.69, 9.17) is 17.0 Å². The number of nitrogens with zero attached hydrogens (tertiary/aromatic N) is 1. The summed E-state index contributed by atoms with van der Waals surface area (Å²) >= 11 is 5.17. The number of H-pyrrole nitrogens is 1. The molecule has 1 aromatic rings. The van der Waals surface area contributed by atoms with Crippen LogP contribution in [0.25, 0.3) is 0 Å². The largest absolute Gasteiger partial charge is 0.374 e. The average molecular weight is 240 g/mol. The van der Waals surface area contributed by atoms with Gasteiger partial charge in [-0.1, -0.05) is 33.0 Å². The Labute approximate surface area is 102 Å². The van der Waals surface area contributed by atoms with Crippen LogP contribution in [0.3, 0.4) is 0 Å². The molecule has 0 aliphatic carbocycles. The van der Waals surface area contributed by atoms with Crippen LogP contribution in [0, 0.1) is 10.6 Å². The van der Waals surface area contributed by atoms with Crippen LogP contribution in [-0.2, 0) is 11.2 Å². The third-order valence-corrected chi connectivity index (χ3v) is 2.61. The molecule has 0 saturated carbocycles. The van der Waals surface area contributed by atoms with Crippen molar-refractivity contribution in [2.24, 2.45) is 5.92 Å². The highest BCUT2D eigenvalue weighted by Crippen LogP contribution is 2.17. The molecule has 3 nitrogen and oxygen atoms in total. The van der Waals surface area contributed by atoms with Crippen molar-refractivity contribution in [2.75, 3.05) is 7.11 Å². The lowest BCUT2D eigenvalue weighted by Gasteiger charge is -2.14. The standard InChI is InChI=1S/C12H20N2OS/c1-5-10(15-4)12-13-9(6-8(2)3)7-11(16)14-12/h7-8,10H,5-6H2,1-4H3,(H,13,14,16). The van der Waals surface area contributed by atoms with Gasteiger partial charge in [0.25, 0.3) is 0 Å². The van der Waals surface area contributed by atoms with Crippen molar-refractivity contribution in [3.8, 4) is 0 Å². The number of hydrogen-bond acceptors (Lipinski definition) is 3. The predicted octanol–water partition coefficient (Wildman–Crippen LogP) is 3.44. The first-order valence-corrected chi connectivity index (χ1v) is 6.10. The highest BCUT2D eigenvalue weighted by Gasteiger charge is 2.11. The fourth-order valence-electron chi connectivity index (χ4n) is 1.70. The van der Waals surface area contributed by atoms with E-state index in [1.54, 1.807) is 7.11 Å². The molecule has 0 aliphatic heterocycles. The first kappa shape index (κ1) is 13.3. The monoisotopic (exact) mass is 240 g/mol. The van der Waals surface area contributed by atoms with Gasteiger partial charge in [0.15, 0.2) is 0 Å². The summed E-state index contributed by atoms with van der Waals surface area (Å²) < 4.78 is 6.00. The summed E-state index contributed by atoms with van der Waals surface area (Å²) in [4.78, 5) is 7.63. The van der Waals surface area contributed by atoms with Gasteiger partial charge in [0, 0.05) is 12.8 Å². The van der Waals surface area contributed by atoms with E-state index in [9.17, 15) is 0 Å². The van der Waals surface area contributed by atoms with Crippen LogP contribution in [0.4, 0.5) is 0 Å². The normalized spacial score (nSPS) is 13.1. The summed E-state index contributed by atoms with van der Waals surface area (Å²) in [5.41, 5.74) is 1.14. The minimum Gasteiger partial charge on any atom is -0.374 e. The second kappa shape index (κ2) is 6.11. The number of rotatable bonds is 5. The maximum Gasteiger partial charge on any atom is 0.137 e. The van der Waals surface area contributed by atoms with Crippen LogP contribution in [0.5, 0.6) is 0 Å². The molecule has 1 aromatic heterocycles. The summed E-state index contributed by atoms with van der Waals surface area (Å²) in [5, 5.41) is 0. The number of ether oxygens (including phenoxy) is 1. The Bertz CT molecular complexity index is 383. The molecule has 0 aliphatic rings. The van der Waals surface area contributed by atoms with Crippen molar-refractivity contribution >= 4 is 12.2 Å². The number of hydrogen-bond donors (Lipinski definition) is 1. The molecule has 0 spiro atoms. The highest BCUT2D eigenvalue weighted by molar-refractivity contribution is 7.71. The SMILES string of the molecule is CCC(OC)c1nc(=S)cc(CC(C)C)[nH]1. The van der Waals surface area contributed by atoms with Crippen molar-refractivity contribution in [3.63, 3.8) is 0 Å². The molecule has 4 heteroatoms. The Balaban J connectivity index is 3.02. The maximum absolute atomic E-state index is 5.36. The molecular formula is C12H20N2OS. The zero-order chi connectivity index (χ0) is 12.1. The highest BCUT2D eigenvalue weighted by atomic mass is 32.1. The van der Waals surface area contributed by atoms with E-state index in [1.165, 1.54) is 0 Å². The molecule has 90 valence electrons. The van der Waals surface area contributed by atoms with Crippen LogP contribution < -0.4 is 0 Å². The van der Waals surface area contributed by atoms with Gasteiger partial charge in [-0.2, -0.15) is 0 Å². The maximum atomic E-state index is 5.36. The molecule has 0 saturated heterocycles. The Morgan fingerprint density at radius 3 is 2.69 bits per heavy atom. The van der Waals surface area contributed by atoms with Crippen molar-refractivity contribution in [2.45, 2.75) is 39.7 Å². The summed E-state index contributed by atoms with van der Waals surface area (Å²) in [6, 6.07) is 1.93. The molecular weight excluding hydrogens is 220 g/mol. The zero-order valence-electron chi connectivity index (χ0n) is 10.4. The molecule has 16 heavy (non-hydrogen) atoms. The Hall–Kier alpha value is -0.740. The van der Waals surface area contributed by atoms with Crippen molar-refractivity contribution in [1.82, 2.24) is 9.97 Å². The predicted molar refractivity (Wildman–Crippen MR) is 68.0 cm³/mol. The van der Waals surface area contributed by atoms with E-state index >= 15 is 0 Å². The van der Waals surface area contributed by atoms with Gasteiger partial charge in [-0.3, -0.25) is 0 Å². The Morgan fingerprint density at radius 2 is 2.19 bits per heavy atom. The second-order valence-electron chi connectivity index (χ2n) is 4.36. The van der Waals surface area contributed by atoms with Crippen LogP contribution in [0.15, 0.2) is 6.07 Å². The zero-order valence-corrected chi connectivity index (χ0v) is 11.2. The molecule has 0 bridgehead atoms. The molecule has 1 rings (SSSR count). The molecule has 0 radical (unpaired) electrons. The van der Waals surface area contributed by atoms with Crippen LogP contribution in [0.2, 0.25) is 0 Å². The molecule has 1 unspecified atom stereocenters. The van der Waals surface area contributed by atoms with Gasteiger partial charge in [-0.15, -0.1) is 0 Å². The third kappa shape index (κ3) is 3.68. The van der Waals surface area contributed by atoms with Crippen LogP contribution in [-0.4, -0.2) is 17.1 Å². The molecule has 1 atom stereocenters. The molecule has 0 fully saturated rings. The second-order valence-corrected chi connectivity index (χ2v) is 4.78. The van der Waals surface area contributed by atoms with Crippen LogP contribution >= 0.6 is 12.2 Å². The first-order chi connectivity index (χ1) is 7.56. The number of aromatic nitrogens is 2. The van der Waals surface area contributed by atoms with E-state index in [0.29, 0.717) is 10.6 Å². The van der Waals surface area contributed by atoms with E-state index in [0.717, 1.165) is 24.4 Å². The van der Waals surface area contributed by atoms with Gasteiger partial charge in [0.1, 0.15) is 16.6 Å². The van der Waals surface area contributed by atoms with Crippen molar-refractivity contribution < 1.29 is 4.74 Å². The van der Waals surface area contributed by atoms with Gasteiger partial charge < -0.3 is 9.72 Å². The van der Waals surface area contributed by atoms with E-state index in [-0.39, 0.29) is 6.10 Å². The molecule has 0 aromatic carbocycles. The van der Waals surface area contributed by atoms with Crippen LogP contribution in [0.1, 0.15) is 44.8 Å². The Kier molecular flexibility index (Phi) is 5.09. The summed E-state index contributed by atoms with van der Waals surface area (Å²) in [6.45, 7) is 6.44. The fraction of sp³-hybridized carbons (Fsp3) is 0.667. The topological polar surface area (TPSA) is 37.9 Å². The number of aromatic amines is 1. The van der Waals surface area contributed by atoms with Gasteiger partial charge in [-0.25, -0.2) is 4.98 Å². The fourth-order valence-corrected chi connectivity index (χ4v) is 1.94. The lowest BCUT2D eigenvalue weighted by Crippen LogP contribution is -2.09.